The highest BCUT2D eigenvalue weighted by atomic mass is 33.1. The third kappa shape index (κ3) is 8.23. The Bertz CT molecular complexity index is 409. The number of carboxylic acids is 2. The van der Waals surface area contributed by atoms with Crippen LogP contribution in [0.4, 0.5) is 0 Å². The molecule has 0 bridgehead atoms. The molecule has 23 heavy (non-hydrogen) atoms. The number of hydrogen-bond acceptors (Lipinski definition) is 9. The lowest BCUT2D eigenvalue weighted by molar-refractivity contribution is -0.140. The third-order valence-electron chi connectivity index (χ3n) is 2.83. The molecule has 2 atom stereocenters. The molecule has 0 aliphatic carbocycles. The maximum atomic E-state index is 11.5. The predicted octanol–water partition coefficient (Wildman–Crippen LogP) is 1.67. The van der Waals surface area contributed by atoms with Crippen LogP contribution in [0.3, 0.4) is 0 Å². The van der Waals surface area contributed by atoms with E-state index in [1.54, 1.807) is 27.7 Å². The molecule has 0 fully saturated rings. The van der Waals surface area contributed by atoms with Crippen molar-refractivity contribution in [3.8, 4) is 0 Å². The summed E-state index contributed by atoms with van der Waals surface area (Å²) in [6.45, 7) is 7.01. The highest BCUT2D eigenvalue weighted by Crippen LogP contribution is 2.41. The summed E-state index contributed by atoms with van der Waals surface area (Å²) in [6, 6.07) is -1.92. The zero-order valence-corrected chi connectivity index (χ0v) is 16.7. The number of aliphatic hydroxyl groups is 1. The number of carbonyl (C=O) groups is 2. The Morgan fingerprint density at radius 2 is 1.65 bits per heavy atom. The molecule has 6 N–H and O–H groups in total. The maximum absolute atomic E-state index is 11.5. The summed E-state index contributed by atoms with van der Waals surface area (Å²) < 4.78 is 1.48. The van der Waals surface area contributed by atoms with Gasteiger partial charge in [-0.25, -0.2) is 4.72 Å². The van der Waals surface area contributed by atoms with Gasteiger partial charge in [-0.05, 0) is 38.7 Å². The topological polar surface area (TPSA) is 133 Å². The zero-order valence-electron chi connectivity index (χ0n) is 13.4. The van der Waals surface area contributed by atoms with Gasteiger partial charge in [0, 0.05) is 15.2 Å². The zero-order chi connectivity index (χ0) is 18.3. The summed E-state index contributed by atoms with van der Waals surface area (Å²) in [6.07, 6.45) is 0. The van der Waals surface area contributed by atoms with Crippen molar-refractivity contribution < 1.29 is 24.9 Å². The van der Waals surface area contributed by atoms with Gasteiger partial charge in [-0.3, -0.25) is 9.59 Å². The lowest BCUT2D eigenvalue weighted by Gasteiger charge is -2.32. The molecule has 136 valence electrons. The van der Waals surface area contributed by atoms with Crippen molar-refractivity contribution in [3.63, 3.8) is 0 Å². The second-order valence-corrected chi connectivity index (χ2v) is 11.4. The Morgan fingerprint density at radius 1 is 1.09 bits per heavy atom. The molecule has 0 saturated carbocycles. The van der Waals surface area contributed by atoms with E-state index in [-0.39, 0.29) is 6.61 Å². The summed E-state index contributed by atoms with van der Waals surface area (Å²) in [7, 11) is 5.05. The number of aliphatic hydroxyl groups excluding tert-OH is 1. The monoisotopic (exact) mass is 404 g/mol. The average Bonchev–Trinajstić information content (AvgIpc) is 2.41. The van der Waals surface area contributed by atoms with Crippen LogP contribution in [0.5, 0.6) is 0 Å². The van der Waals surface area contributed by atoms with Crippen LogP contribution in [0.15, 0.2) is 0 Å². The first-order valence-electron chi connectivity index (χ1n) is 6.68. The first kappa shape index (κ1) is 23.2. The maximum Gasteiger partial charge on any atom is 0.323 e. The number of nitrogens with two attached hydrogens (primary N) is 1. The Labute approximate surface area is 152 Å². The van der Waals surface area contributed by atoms with E-state index in [9.17, 15) is 14.7 Å². The van der Waals surface area contributed by atoms with Crippen LogP contribution in [0.25, 0.3) is 0 Å². The summed E-state index contributed by atoms with van der Waals surface area (Å²) in [5, 5.41) is 27.2. The highest BCUT2D eigenvalue weighted by Gasteiger charge is 2.38. The molecule has 2 unspecified atom stereocenters. The van der Waals surface area contributed by atoms with Gasteiger partial charge in [0.05, 0.1) is 6.61 Å². The minimum Gasteiger partial charge on any atom is -0.480 e. The van der Waals surface area contributed by atoms with Crippen LogP contribution >= 0.6 is 43.4 Å². The molecule has 11 heteroatoms. The fraction of sp³-hybridized carbons (Fsp3) is 0.833. The summed E-state index contributed by atoms with van der Waals surface area (Å²) in [4.78, 5) is 22.5. The molecule has 0 spiro atoms. The Balaban J connectivity index is 4.67. The Kier molecular flexibility index (Phi) is 10.4. The largest absolute Gasteiger partial charge is 0.480 e. The summed E-state index contributed by atoms with van der Waals surface area (Å²) in [5.41, 5.74) is 5.63. The quantitative estimate of drug-likeness (QED) is 0.185. The first-order valence-corrected chi connectivity index (χ1v) is 11.2. The van der Waals surface area contributed by atoms with Crippen LogP contribution in [-0.4, -0.2) is 61.2 Å². The van der Waals surface area contributed by atoms with Gasteiger partial charge < -0.3 is 21.1 Å². The third-order valence-corrected chi connectivity index (χ3v) is 9.03. The molecule has 0 aliphatic heterocycles. The summed E-state index contributed by atoms with van der Waals surface area (Å²) in [5.74, 6) is -1.59. The van der Waals surface area contributed by atoms with Crippen molar-refractivity contribution >= 4 is 55.3 Å². The number of rotatable bonds is 12. The van der Waals surface area contributed by atoms with E-state index in [2.05, 4.69) is 4.72 Å². The SMILES string of the molecule is CC(C)(SSNC(C(=O)O)C(C)(C)SSCCO)C(N)C(=O)O. The van der Waals surface area contributed by atoms with Crippen LogP contribution < -0.4 is 10.5 Å². The molecule has 7 nitrogen and oxygen atoms in total. The van der Waals surface area contributed by atoms with Crippen molar-refractivity contribution in [1.29, 1.82) is 0 Å². The van der Waals surface area contributed by atoms with E-state index in [0.29, 0.717) is 5.75 Å². The van der Waals surface area contributed by atoms with Crippen molar-refractivity contribution in [2.45, 2.75) is 49.3 Å². The van der Waals surface area contributed by atoms with Crippen molar-refractivity contribution in [3.05, 3.63) is 0 Å². The predicted molar refractivity (Wildman–Crippen MR) is 101 cm³/mol. The van der Waals surface area contributed by atoms with Gasteiger partial charge in [0.2, 0.25) is 0 Å². The summed E-state index contributed by atoms with van der Waals surface area (Å²) >= 11 is 0. The van der Waals surface area contributed by atoms with Crippen LogP contribution in [0.1, 0.15) is 27.7 Å². The standard InChI is InChI=1S/C12H24N2O5S4/c1-11(2,7(13)9(16)17)22-23-14-8(10(18)19)12(3,4)21-20-6-5-15/h7-8,14-15H,5-6,13H2,1-4H3,(H,16,17)(H,18,19). The van der Waals surface area contributed by atoms with Gasteiger partial charge >= 0.3 is 11.9 Å². The molecule has 0 amide bonds. The van der Waals surface area contributed by atoms with Crippen molar-refractivity contribution in [2.75, 3.05) is 12.4 Å². The normalized spacial score (nSPS) is 15.2. The molecule has 0 saturated heterocycles. The van der Waals surface area contributed by atoms with E-state index < -0.39 is 33.5 Å². The van der Waals surface area contributed by atoms with Gasteiger partial charge in [0.15, 0.2) is 0 Å². The minimum atomic E-state index is -1.10. The van der Waals surface area contributed by atoms with Crippen LogP contribution in [0.2, 0.25) is 0 Å². The first-order chi connectivity index (χ1) is 10.5. The molecule has 0 rings (SSSR count). The van der Waals surface area contributed by atoms with Crippen LogP contribution in [-0.2, 0) is 9.59 Å². The number of nitrogens with one attached hydrogen (secondary N) is 1. The average molecular weight is 405 g/mol. The fourth-order valence-corrected chi connectivity index (χ4v) is 6.11. The second-order valence-electron chi connectivity index (χ2n) is 5.71. The molecular weight excluding hydrogens is 380 g/mol. The van der Waals surface area contributed by atoms with Crippen LogP contribution in [0, 0.1) is 0 Å². The minimum absolute atomic E-state index is 0.0325. The van der Waals surface area contributed by atoms with Gasteiger partial charge in [-0.1, -0.05) is 32.4 Å². The molecule has 0 radical (unpaired) electrons. The lowest BCUT2D eigenvalue weighted by Crippen LogP contribution is -2.48. The second kappa shape index (κ2) is 10.3. The van der Waals surface area contributed by atoms with Gasteiger partial charge in [-0.15, -0.1) is 0 Å². The fourth-order valence-electron chi connectivity index (χ4n) is 1.30. The van der Waals surface area contributed by atoms with Crippen molar-refractivity contribution in [1.82, 2.24) is 4.72 Å². The van der Waals surface area contributed by atoms with Gasteiger partial charge in [-0.2, -0.15) is 0 Å². The lowest BCUT2D eigenvalue weighted by atomic mass is 10.1. The molecular formula is C12H24N2O5S4. The number of aliphatic carboxylic acids is 2. The van der Waals surface area contributed by atoms with E-state index in [0.717, 1.165) is 11.0 Å². The van der Waals surface area contributed by atoms with Gasteiger partial charge in [0.25, 0.3) is 0 Å². The smallest absolute Gasteiger partial charge is 0.323 e. The van der Waals surface area contributed by atoms with E-state index in [4.69, 9.17) is 15.9 Å². The van der Waals surface area contributed by atoms with E-state index in [1.165, 1.54) is 32.4 Å². The van der Waals surface area contributed by atoms with E-state index in [1.807, 2.05) is 0 Å². The molecule has 0 aromatic rings. The highest BCUT2D eigenvalue weighted by molar-refractivity contribution is 8.77. The Hall–Kier alpha value is 0.220. The molecule has 0 aromatic carbocycles. The molecule has 0 aromatic heterocycles. The number of carboxylic acid groups (broad SMARTS) is 2. The molecule has 0 aliphatic rings. The van der Waals surface area contributed by atoms with Gasteiger partial charge in [0.1, 0.15) is 12.1 Å². The Morgan fingerprint density at radius 3 is 2.09 bits per heavy atom. The molecule has 0 heterocycles. The van der Waals surface area contributed by atoms with E-state index >= 15 is 0 Å². The van der Waals surface area contributed by atoms with Crippen molar-refractivity contribution in [2.24, 2.45) is 5.73 Å². The number of hydrogen-bond donors (Lipinski definition) is 5.